The summed E-state index contributed by atoms with van der Waals surface area (Å²) in [6, 6.07) is 16.8. The highest BCUT2D eigenvalue weighted by Gasteiger charge is 2.21. The maximum Gasteiger partial charge on any atom is 0.123 e. The Morgan fingerprint density at radius 3 is 1.79 bits per heavy atom. The fourth-order valence-electron chi connectivity index (χ4n) is 3.10. The number of hydrogen-bond acceptors (Lipinski definition) is 2. The van der Waals surface area contributed by atoms with Gasteiger partial charge < -0.3 is 9.53 Å². The third kappa shape index (κ3) is 5.52. The molecule has 1 aliphatic rings. The molecule has 2 nitrogen and oxygen atoms in total. The van der Waals surface area contributed by atoms with Gasteiger partial charge in [-0.15, -0.1) is 0 Å². The van der Waals surface area contributed by atoms with Crippen molar-refractivity contribution in [1.82, 2.24) is 0 Å². The molecule has 0 bridgehead atoms. The molecule has 2 heteroatoms. The summed E-state index contributed by atoms with van der Waals surface area (Å²) in [6.07, 6.45) is 5.62. The number of ether oxygens (including phenoxy) is 1. The number of methoxy groups -OCH3 is 1. The van der Waals surface area contributed by atoms with Crippen molar-refractivity contribution in [3.8, 4) is 5.75 Å². The van der Waals surface area contributed by atoms with Gasteiger partial charge in [0.1, 0.15) is 12.0 Å². The van der Waals surface area contributed by atoms with E-state index in [4.69, 9.17) is 4.74 Å². The predicted molar refractivity (Wildman–Crippen MR) is 99.7 cm³/mol. The Morgan fingerprint density at radius 1 is 0.833 bits per heavy atom. The number of aryl methyl sites for hydroxylation is 2. The fraction of sp³-hybridized carbons (Fsp3) is 0.409. The molecule has 0 N–H and O–H groups in total. The average Bonchev–Trinajstić information content (AvgIpc) is 2.64. The molecule has 0 aromatic heterocycles. The van der Waals surface area contributed by atoms with Gasteiger partial charge in [0, 0.05) is 5.92 Å². The van der Waals surface area contributed by atoms with Crippen LogP contribution in [0.3, 0.4) is 0 Å². The Labute approximate surface area is 145 Å². The number of rotatable bonds is 3. The standard InChI is InChI=1S/C14H18O.C8H10O/c1-11-2-6-13(7-3-11)14-8-4-12(10-15)5-9-14;1-7-3-5-8(9-2)6-4-7/h2-3,6-7,10,12,14H,4-5,8-9H2,1H3;3-6H,1-2H3. The topological polar surface area (TPSA) is 26.3 Å². The van der Waals surface area contributed by atoms with Gasteiger partial charge in [0.05, 0.1) is 7.11 Å². The van der Waals surface area contributed by atoms with E-state index in [1.165, 1.54) is 29.5 Å². The summed E-state index contributed by atoms with van der Waals surface area (Å²) in [5.74, 6) is 1.93. The molecule has 2 aromatic carbocycles. The van der Waals surface area contributed by atoms with Gasteiger partial charge in [0.25, 0.3) is 0 Å². The number of carbonyl (C=O) groups excluding carboxylic acids is 1. The van der Waals surface area contributed by atoms with Gasteiger partial charge in [-0.2, -0.15) is 0 Å². The highest BCUT2D eigenvalue weighted by atomic mass is 16.5. The van der Waals surface area contributed by atoms with Crippen LogP contribution in [0.4, 0.5) is 0 Å². The van der Waals surface area contributed by atoms with E-state index in [-0.39, 0.29) is 0 Å². The van der Waals surface area contributed by atoms with E-state index >= 15 is 0 Å². The van der Waals surface area contributed by atoms with Crippen molar-refractivity contribution in [3.05, 3.63) is 65.2 Å². The maximum absolute atomic E-state index is 10.6. The highest BCUT2D eigenvalue weighted by molar-refractivity contribution is 5.53. The largest absolute Gasteiger partial charge is 0.497 e. The van der Waals surface area contributed by atoms with Crippen LogP contribution in [-0.4, -0.2) is 13.4 Å². The summed E-state index contributed by atoms with van der Waals surface area (Å²) in [5.41, 5.74) is 4.03. The van der Waals surface area contributed by atoms with Crippen LogP contribution in [0.15, 0.2) is 48.5 Å². The molecular weight excluding hydrogens is 296 g/mol. The second-order valence-corrected chi connectivity index (χ2v) is 6.68. The molecule has 0 unspecified atom stereocenters. The number of hydrogen-bond donors (Lipinski definition) is 0. The summed E-state index contributed by atoms with van der Waals surface area (Å²) < 4.78 is 4.97. The average molecular weight is 324 g/mol. The zero-order valence-electron chi connectivity index (χ0n) is 15.0. The van der Waals surface area contributed by atoms with Crippen LogP contribution >= 0.6 is 0 Å². The molecule has 0 aliphatic heterocycles. The molecule has 1 fully saturated rings. The lowest BCUT2D eigenvalue weighted by Gasteiger charge is -2.25. The van der Waals surface area contributed by atoms with Crippen LogP contribution in [0.5, 0.6) is 5.75 Å². The molecular formula is C22H28O2. The molecule has 0 radical (unpaired) electrons. The zero-order valence-corrected chi connectivity index (χ0v) is 15.0. The number of aldehydes is 1. The van der Waals surface area contributed by atoms with Crippen LogP contribution in [0.2, 0.25) is 0 Å². The lowest BCUT2D eigenvalue weighted by atomic mass is 9.79. The first-order valence-corrected chi connectivity index (χ1v) is 8.75. The smallest absolute Gasteiger partial charge is 0.123 e. The predicted octanol–water partition coefficient (Wildman–Crippen LogP) is 5.47. The number of carbonyl (C=O) groups is 1. The molecule has 128 valence electrons. The van der Waals surface area contributed by atoms with E-state index in [2.05, 4.69) is 38.1 Å². The minimum Gasteiger partial charge on any atom is -0.497 e. The zero-order chi connectivity index (χ0) is 17.4. The fourth-order valence-corrected chi connectivity index (χ4v) is 3.10. The lowest BCUT2D eigenvalue weighted by molar-refractivity contribution is -0.111. The molecule has 3 rings (SSSR count). The van der Waals surface area contributed by atoms with Crippen molar-refractivity contribution in [2.75, 3.05) is 7.11 Å². The van der Waals surface area contributed by atoms with E-state index in [9.17, 15) is 4.79 Å². The van der Waals surface area contributed by atoms with Crippen molar-refractivity contribution >= 4 is 6.29 Å². The highest BCUT2D eigenvalue weighted by Crippen LogP contribution is 2.34. The Morgan fingerprint density at radius 2 is 1.33 bits per heavy atom. The Kier molecular flexibility index (Phi) is 7.05. The minimum absolute atomic E-state index is 0.326. The van der Waals surface area contributed by atoms with Gasteiger partial charge in [-0.25, -0.2) is 0 Å². The third-order valence-corrected chi connectivity index (χ3v) is 4.77. The van der Waals surface area contributed by atoms with Gasteiger partial charge in [0.15, 0.2) is 0 Å². The monoisotopic (exact) mass is 324 g/mol. The first-order valence-electron chi connectivity index (χ1n) is 8.75. The van der Waals surface area contributed by atoms with E-state index in [1.807, 2.05) is 24.3 Å². The van der Waals surface area contributed by atoms with Crippen LogP contribution in [0.25, 0.3) is 0 Å². The van der Waals surface area contributed by atoms with Crippen LogP contribution < -0.4 is 4.74 Å². The normalized spacial score (nSPS) is 19.8. The second-order valence-electron chi connectivity index (χ2n) is 6.68. The SMILES string of the molecule is COc1ccc(C)cc1.Cc1ccc(C2CCC(C=O)CC2)cc1. The van der Waals surface area contributed by atoms with Crippen molar-refractivity contribution < 1.29 is 9.53 Å². The first-order chi connectivity index (χ1) is 11.6. The minimum atomic E-state index is 0.326. The van der Waals surface area contributed by atoms with Crippen molar-refractivity contribution in [3.63, 3.8) is 0 Å². The summed E-state index contributed by atoms with van der Waals surface area (Å²) >= 11 is 0. The quantitative estimate of drug-likeness (QED) is 0.700. The van der Waals surface area contributed by atoms with Crippen molar-refractivity contribution in [2.45, 2.75) is 45.4 Å². The molecule has 0 spiro atoms. The van der Waals surface area contributed by atoms with Gasteiger partial charge in [-0.05, 0) is 63.1 Å². The lowest BCUT2D eigenvalue weighted by Crippen LogP contribution is -2.14. The van der Waals surface area contributed by atoms with Gasteiger partial charge in [-0.1, -0.05) is 47.5 Å². The number of benzene rings is 2. The van der Waals surface area contributed by atoms with E-state index in [1.54, 1.807) is 7.11 Å². The first kappa shape index (κ1) is 18.3. The summed E-state index contributed by atoms with van der Waals surface area (Å²) in [6.45, 7) is 4.17. The van der Waals surface area contributed by atoms with Gasteiger partial charge in [0.2, 0.25) is 0 Å². The molecule has 1 saturated carbocycles. The summed E-state index contributed by atoms with van der Waals surface area (Å²) in [4.78, 5) is 10.6. The van der Waals surface area contributed by atoms with E-state index < -0.39 is 0 Å². The van der Waals surface area contributed by atoms with Crippen LogP contribution in [0.1, 0.15) is 48.3 Å². The van der Waals surface area contributed by atoms with Gasteiger partial charge >= 0.3 is 0 Å². The Bertz CT molecular complexity index is 605. The molecule has 0 atom stereocenters. The van der Waals surface area contributed by atoms with Crippen molar-refractivity contribution in [1.29, 1.82) is 0 Å². The van der Waals surface area contributed by atoms with Crippen molar-refractivity contribution in [2.24, 2.45) is 5.92 Å². The van der Waals surface area contributed by atoms with Crippen LogP contribution in [-0.2, 0) is 4.79 Å². The summed E-state index contributed by atoms with van der Waals surface area (Å²) in [5, 5.41) is 0. The molecule has 2 aromatic rings. The maximum atomic E-state index is 10.6. The molecule has 1 aliphatic carbocycles. The Balaban J connectivity index is 0.000000198. The van der Waals surface area contributed by atoms with Gasteiger partial charge in [-0.3, -0.25) is 0 Å². The molecule has 0 saturated heterocycles. The second kappa shape index (κ2) is 9.27. The van der Waals surface area contributed by atoms with E-state index in [0.29, 0.717) is 11.8 Å². The van der Waals surface area contributed by atoms with E-state index in [0.717, 1.165) is 24.9 Å². The molecule has 0 heterocycles. The summed E-state index contributed by atoms with van der Waals surface area (Å²) in [7, 11) is 1.67. The van der Waals surface area contributed by atoms with Crippen LogP contribution in [0, 0.1) is 19.8 Å². The third-order valence-electron chi connectivity index (χ3n) is 4.77. The molecule has 24 heavy (non-hydrogen) atoms. The molecule has 0 amide bonds. The Hall–Kier alpha value is -2.09.